The molecule has 13 heteroatoms. The minimum absolute atomic E-state index is 0.119. The molecule has 0 saturated heterocycles. The van der Waals surface area contributed by atoms with Crippen LogP contribution < -0.4 is 22.9 Å². The fourth-order valence-electron chi connectivity index (χ4n) is 1.21. The SMILES string of the molecule is C/C(=N\N=C(N)N)c1cccc(/C(C)=N/N=C(N)N)n1.O=[N+](O)O. The molecular weight excluding hydrogens is 320 g/mol. The van der Waals surface area contributed by atoms with Crippen molar-refractivity contribution in [3.05, 3.63) is 34.5 Å². The van der Waals surface area contributed by atoms with Crippen LogP contribution in [0.3, 0.4) is 0 Å². The Morgan fingerprint density at radius 3 is 1.54 bits per heavy atom. The molecule has 0 spiro atoms. The second-order valence-corrected chi connectivity index (χ2v) is 4.08. The summed E-state index contributed by atoms with van der Waals surface area (Å²) in [6.45, 7) is 3.47. The summed E-state index contributed by atoms with van der Waals surface area (Å²) in [6, 6.07) is 5.36. The van der Waals surface area contributed by atoms with Gasteiger partial charge in [-0.15, -0.1) is 10.2 Å². The van der Waals surface area contributed by atoms with E-state index in [9.17, 15) is 0 Å². The minimum atomic E-state index is -1.25. The van der Waals surface area contributed by atoms with Crippen molar-refractivity contribution in [2.24, 2.45) is 43.3 Å². The number of hydrogen-bond donors (Lipinski definition) is 6. The van der Waals surface area contributed by atoms with Gasteiger partial charge in [-0.05, 0) is 26.0 Å². The number of aromatic nitrogens is 1. The molecule has 0 amide bonds. The number of hydrogen-bond acceptors (Lipinski definition) is 6. The predicted molar refractivity (Wildman–Crippen MR) is 87.5 cm³/mol. The van der Waals surface area contributed by atoms with Crippen LogP contribution in [0.5, 0.6) is 0 Å². The zero-order valence-corrected chi connectivity index (χ0v) is 13.0. The summed E-state index contributed by atoms with van der Waals surface area (Å²) in [5, 5.41) is 27.4. The van der Waals surface area contributed by atoms with Crippen LogP contribution >= 0.6 is 0 Å². The Morgan fingerprint density at radius 2 is 1.25 bits per heavy atom. The highest BCUT2D eigenvalue weighted by atomic mass is 16.9. The number of nitrogens with two attached hydrogens (primary N) is 4. The van der Waals surface area contributed by atoms with Crippen LogP contribution in [0.1, 0.15) is 25.2 Å². The Hall–Kier alpha value is -3.77. The van der Waals surface area contributed by atoms with Gasteiger partial charge in [0.2, 0.25) is 11.9 Å². The second-order valence-electron chi connectivity index (χ2n) is 4.08. The first-order valence-corrected chi connectivity index (χ1v) is 6.22. The Labute approximate surface area is 136 Å². The molecule has 24 heavy (non-hydrogen) atoms. The first kappa shape index (κ1) is 20.2. The van der Waals surface area contributed by atoms with Gasteiger partial charge in [0.05, 0.1) is 22.8 Å². The largest absolute Gasteiger partial charge is 0.472 e. The fraction of sp³-hybridized carbons (Fsp3) is 0.182. The molecule has 0 radical (unpaired) electrons. The molecule has 1 aromatic rings. The third kappa shape index (κ3) is 9.22. The van der Waals surface area contributed by atoms with Gasteiger partial charge in [-0.2, -0.15) is 10.2 Å². The van der Waals surface area contributed by atoms with Crippen LogP contribution in [0.15, 0.2) is 38.6 Å². The number of guanidine groups is 2. The molecule has 0 aliphatic carbocycles. The molecule has 1 heterocycles. The van der Waals surface area contributed by atoms with Crippen LogP contribution in [0, 0.1) is 4.91 Å². The summed E-state index contributed by atoms with van der Waals surface area (Å²) in [6.07, 6.45) is 0. The zero-order chi connectivity index (χ0) is 18.7. The van der Waals surface area contributed by atoms with Crippen molar-refractivity contribution in [1.82, 2.24) is 4.98 Å². The lowest BCUT2D eigenvalue weighted by Gasteiger charge is -2.02. The lowest BCUT2D eigenvalue weighted by atomic mass is 10.2. The van der Waals surface area contributed by atoms with E-state index in [1.54, 1.807) is 32.0 Å². The molecule has 0 aliphatic rings. The maximum Gasteiger partial charge on any atom is 0.472 e. The average molecular weight is 339 g/mol. The molecule has 130 valence electrons. The monoisotopic (exact) mass is 339 g/mol. The van der Waals surface area contributed by atoms with Crippen molar-refractivity contribution in [3.8, 4) is 0 Å². The Bertz CT molecular complexity index is 634. The van der Waals surface area contributed by atoms with Gasteiger partial charge in [-0.25, -0.2) is 15.4 Å². The predicted octanol–water partition coefficient (Wildman–Crippen LogP) is -1.38. The highest BCUT2D eigenvalue weighted by Gasteiger charge is 2.04. The Morgan fingerprint density at radius 1 is 0.917 bits per heavy atom. The quantitative estimate of drug-likeness (QED) is 0.217. The van der Waals surface area contributed by atoms with Crippen LogP contribution in [0.4, 0.5) is 0 Å². The summed E-state index contributed by atoms with van der Waals surface area (Å²) in [4.78, 5) is 12.8. The maximum atomic E-state index is 8.47. The normalized spacial score (nSPS) is 10.9. The van der Waals surface area contributed by atoms with Crippen LogP contribution in [-0.2, 0) is 0 Å². The van der Waals surface area contributed by atoms with E-state index in [-0.39, 0.29) is 11.9 Å². The third-order valence-electron chi connectivity index (χ3n) is 2.12. The van der Waals surface area contributed by atoms with Gasteiger partial charge in [0.15, 0.2) is 0 Å². The van der Waals surface area contributed by atoms with Crippen molar-refractivity contribution in [2.45, 2.75) is 13.8 Å². The first-order chi connectivity index (χ1) is 11.1. The van der Waals surface area contributed by atoms with E-state index in [1.165, 1.54) is 0 Å². The van der Waals surface area contributed by atoms with Crippen molar-refractivity contribution in [1.29, 1.82) is 0 Å². The van der Waals surface area contributed by atoms with Crippen LogP contribution in [0.25, 0.3) is 0 Å². The molecule has 10 N–H and O–H groups in total. The second kappa shape index (κ2) is 10.0. The van der Waals surface area contributed by atoms with Crippen molar-refractivity contribution < 1.29 is 15.5 Å². The maximum absolute atomic E-state index is 8.47. The van der Waals surface area contributed by atoms with Gasteiger partial charge < -0.3 is 22.9 Å². The summed E-state index contributed by atoms with van der Waals surface area (Å²) in [5.41, 5.74) is 23.2. The lowest BCUT2D eigenvalue weighted by molar-refractivity contribution is -0.969. The summed E-state index contributed by atoms with van der Waals surface area (Å²) in [7, 11) is 0. The van der Waals surface area contributed by atoms with Crippen molar-refractivity contribution in [2.75, 3.05) is 0 Å². The molecule has 0 aromatic carbocycles. The third-order valence-corrected chi connectivity index (χ3v) is 2.12. The topological polar surface area (TPSA) is 227 Å². The summed E-state index contributed by atoms with van der Waals surface area (Å²) in [5.74, 6) is -0.239. The van der Waals surface area contributed by atoms with E-state index in [4.69, 9.17) is 38.3 Å². The fourth-order valence-corrected chi connectivity index (χ4v) is 1.21. The smallest absolute Gasteiger partial charge is 0.369 e. The van der Waals surface area contributed by atoms with Crippen molar-refractivity contribution in [3.63, 3.8) is 0 Å². The van der Waals surface area contributed by atoms with E-state index >= 15 is 0 Å². The standard InChI is InChI=1S/C11H17N9.H2NO3/c1-6(17-19-10(12)13)8-4-3-5-9(16-8)7(2)18-20-11(14)15;2-1(3)4/h3-5H,1-2H3,(H4,12,13,19)(H4,14,15,20);(H2,2,3,4)/q;+1/b17-6+,18-7+;. The van der Waals surface area contributed by atoms with E-state index < -0.39 is 5.09 Å². The van der Waals surface area contributed by atoms with Gasteiger partial charge in [0.1, 0.15) is 4.91 Å². The van der Waals surface area contributed by atoms with E-state index in [2.05, 4.69) is 25.4 Å². The molecule has 0 unspecified atom stereocenters. The van der Waals surface area contributed by atoms with E-state index in [0.29, 0.717) is 22.8 Å². The number of nitrogens with zero attached hydrogens (tertiary/aromatic N) is 6. The summed E-state index contributed by atoms with van der Waals surface area (Å²) >= 11 is 0. The van der Waals surface area contributed by atoms with Crippen molar-refractivity contribution >= 4 is 23.3 Å². The average Bonchev–Trinajstić information content (AvgIpc) is 2.49. The highest BCUT2D eigenvalue weighted by Crippen LogP contribution is 2.03. The number of pyridine rings is 1. The zero-order valence-electron chi connectivity index (χ0n) is 13.0. The van der Waals surface area contributed by atoms with Crippen LogP contribution in [-0.4, -0.2) is 43.8 Å². The number of rotatable bonds is 4. The van der Waals surface area contributed by atoms with Gasteiger partial charge in [-0.1, -0.05) is 6.07 Å². The van der Waals surface area contributed by atoms with Gasteiger partial charge >= 0.3 is 5.09 Å². The van der Waals surface area contributed by atoms with E-state index in [1.807, 2.05) is 0 Å². The molecule has 0 aliphatic heterocycles. The Balaban J connectivity index is 0.00000118. The first-order valence-electron chi connectivity index (χ1n) is 6.22. The van der Waals surface area contributed by atoms with Gasteiger partial charge in [0.25, 0.3) is 0 Å². The molecule has 0 atom stereocenters. The Kier molecular flexibility index (Phi) is 8.46. The lowest BCUT2D eigenvalue weighted by Crippen LogP contribution is -2.22. The summed E-state index contributed by atoms with van der Waals surface area (Å²) < 4.78 is 0. The minimum Gasteiger partial charge on any atom is -0.369 e. The molecule has 0 fully saturated rings. The highest BCUT2D eigenvalue weighted by molar-refractivity contribution is 6.01. The van der Waals surface area contributed by atoms with E-state index in [0.717, 1.165) is 0 Å². The molecule has 13 nitrogen and oxygen atoms in total. The molecular formula is C11H19N10O3+. The van der Waals surface area contributed by atoms with Gasteiger partial charge in [0, 0.05) is 0 Å². The molecule has 1 rings (SSSR count). The molecule has 0 saturated carbocycles. The van der Waals surface area contributed by atoms with Crippen LogP contribution in [0.2, 0.25) is 0 Å². The van der Waals surface area contributed by atoms with Gasteiger partial charge in [-0.3, -0.25) is 0 Å². The molecule has 0 bridgehead atoms. The molecule has 1 aromatic heterocycles.